The van der Waals surface area contributed by atoms with Crippen molar-refractivity contribution in [2.24, 2.45) is 67.8 Å². The van der Waals surface area contributed by atoms with Gasteiger partial charge in [-0.25, -0.2) is 0 Å². The van der Waals surface area contributed by atoms with E-state index in [0.29, 0.717) is 40.1 Å². The van der Waals surface area contributed by atoms with Crippen LogP contribution >= 0.6 is 0 Å². The van der Waals surface area contributed by atoms with Gasteiger partial charge in [0, 0.05) is 16.7 Å². The first-order chi connectivity index (χ1) is 16.3. The summed E-state index contributed by atoms with van der Waals surface area (Å²) in [5.41, 5.74) is 6.91. The fraction of sp³-hybridized carbons (Fsp3) is 0.812. The van der Waals surface area contributed by atoms with Gasteiger partial charge >= 0.3 is 0 Å². The minimum atomic E-state index is -0.516. The van der Waals surface area contributed by atoms with Crippen molar-refractivity contribution in [2.45, 2.75) is 92.9 Å². The molecule has 4 fully saturated rings. The Morgan fingerprint density at radius 1 is 1.06 bits per heavy atom. The Morgan fingerprint density at radius 2 is 1.80 bits per heavy atom. The van der Waals surface area contributed by atoms with E-state index in [0.717, 1.165) is 19.4 Å². The van der Waals surface area contributed by atoms with Crippen LogP contribution in [0, 0.1) is 85.3 Å². The third-order valence-electron chi connectivity index (χ3n) is 13.2. The quantitative estimate of drug-likeness (QED) is 0.456. The van der Waals surface area contributed by atoms with Gasteiger partial charge in [-0.3, -0.25) is 4.79 Å². The molecule has 6 aliphatic rings. The lowest BCUT2D eigenvalue weighted by molar-refractivity contribution is -0.233. The van der Waals surface area contributed by atoms with Crippen LogP contribution in [0.2, 0.25) is 0 Å². The molecule has 0 aromatic carbocycles. The standard InChI is InChI=1S/C32H44N2O/c1-27(2)13-14-31(19-34)11-8-23-22(24(31)17-27)15-21-7-12-32(21)29(23,5)10-9-25-28(3,4)26(35)20(18-33)16-30(25,32)6/h16,21-25H,8-11,13-15,17,19,34H2,1-6H3/t21?,22?,23?,24?,25?,29-,30-,31-,32?/m0/s1. The first-order valence-electron chi connectivity index (χ1n) is 14.2. The third kappa shape index (κ3) is 2.55. The Morgan fingerprint density at radius 3 is 2.43 bits per heavy atom. The molecule has 4 saturated carbocycles. The Labute approximate surface area is 212 Å². The number of hydrogen-bond donors (Lipinski definition) is 1. The molecule has 188 valence electrons. The van der Waals surface area contributed by atoms with E-state index in [1.54, 1.807) is 0 Å². The lowest BCUT2D eigenvalue weighted by Gasteiger charge is -2.75. The minimum Gasteiger partial charge on any atom is -0.330 e. The van der Waals surface area contributed by atoms with Gasteiger partial charge in [0.05, 0.1) is 11.0 Å². The van der Waals surface area contributed by atoms with Crippen LogP contribution in [0.1, 0.15) is 92.9 Å². The molecule has 9 atom stereocenters. The normalized spacial score (nSPS) is 52.5. The van der Waals surface area contributed by atoms with E-state index in [9.17, 15) is 10.1 Å². The molecule has 6 rings (SSSR count). The van der Waals surface area contributed by atoms with E-state index < -0.39 is 5.41 Å². The molecule has 0 radical (unpaired) electrons. The monoisotopic (exact) mass is 472 g/mol. The van der Waals surface area contributed by atoms with Gasteiger partial charge in [-0.05, 0) is 97.8 Å². The number of nitriles is 1. The first kappa shape index (κ1) is 23.8. The summed E-state index contributed by atoms with van der Waals surface area (Å²) in [4.78, 5) is 13.3. The van der Waals surface area contributed by atoms with E-state index >= 15 is 0 Å². The predicted octanol–water partition coefficient (Wildman–Crippen LogP) is 6.29. The molecule has 0 aromatic rings. The second kappa shape index (κ2) is 6.84. The van der Waals surface area contributed by atoms with Crippen LogP contribution in [0.15, 0.2) is 11.6 Å². The molecule has 35 heavy (non-hydrogen) atoms. The average Bonchev–Trinajstić information content (AvgIpc) is 2.77. The molecule has 0 aromatic heterocycles. The number of carbonyl (C=O) groups excluding carboxylic acids is 1. The predicted molar refractivity (Wildman–Crippen MR) is 139 cm³/mol. The van der Waals surface area contributed by atoms with Gasteiger partial charge < -0.3 is 5.73 Å². The number of Topliss-reactive ketones (excluding diaryl/α,β-unsaturated/α-hetero) is 1. The van der Waals surface area contributed by atoms with E-state index in [4.69, 9.17) is 5.73 Å². The highest BCUT2D eigenvalue weighted by Crippen LogP contribution is 2.79. The zero-order valence-corrected chi connectivity index (χ0v) is 22.8. The number of fused-ring (bicyclic) bond motifs is 5. The maximum Gasteiger partial charge on any atom is 0.178 e. The lowest BCUT2D eigenvalue weighted by atomic mass is 9.27. The van der Waals surface area contributed by atoms with Crippen LogP contribution in [-0.4, -0.2) is 12.3 Å². The maximum atomic E-state index is 13.3. The SMILES string of the molecule is CC1(C)CC[C@]2(CN)CCC3C(CC4C#CC45[C@@]4(C)C=C(C#N)C(=O)C(C)(C)C4CC[C@@]35C)C2C1. The van der Waals surface area contributed by atoms with Gasteiger partial charge in [0.1, 0.15) is 6.07 Å². The highest BCUT2D eigenvalue weighted by Gasteiger charge is 2.76. The fourth-order valence-corrected chi connectivity index (χ4v) is 11.5. The summed E-state index contributed by atoms with van der Waals surface area (Å²) >= 11 is 0. The van der Waals surface area contributed by atoms with E-state index in [-0.39, 0.29) is 27.9 Å². The molecule has 6 aliphatic carbocycles. The van der Waals surface area contributed by atoms with Crippen LogP contribution in [-0.2, 0) is 4.79 Å². The molecule has 0 saturated heterocycles. The number of ketones is 1. The Balaban J connectivity index is 1.48. The summed E-state index contributed by atoms with van der Waals surface area (Å²) in [5, 5.41) is 9.96. The molecule has 6 unspecified atom stereocenters. The number of carbonyl (C=O) groups is 1. The van der Waals surface area contributed by atoms with Crippen molar-refractivity contribution < 1.29 is 4.79 Å². The number of nitrogens with zero attached hydrogens (tertiary/aromatic N) is 1. The molecular weight excluding hydrogens is 428 g/mol. The first-order valence-corrected chi connectivity index (χ1v) is 14.2. The Bertz CT molecular complexity index is 1130. The number of nitrogens with two attached hydrogens (primary N) is 1. The number of rotatable bonds is 1. The summed E-state index contributed by atoms with van der Waals surface area (Å²) < 4.78 is 0. The zero-order valence-electron chi connectivity index (χ0n) is 22.8. The zero-order chi connectivity index (χ0) is 25.2. The van der Waals surface area contributed by atoms with Gasteiger partial charge in [-0.15, -0.1) is 0 Å². The Hall–Kier alpha value is -1.58. The summed E-state index contributed by atoms with van der Waals surface area (Å²) in [6.45, 7) is 14.9. The van der Waals surface area contributed by atoms with E-state index in [1.165, 1.54) is 38.5 Å². The number of hydrogen-bond acceptors (Lipinski definition) is 3. The average molecular weight is 473 g/mol. The second-order valence-electron chi connectivity index (χ2n) is 15.2. The molecule has 0 bridgehead atoms. The summed E-state index contributed by atoms with van der Waals surface area (Å²) in [6, 6.07) is 2.30. The smallest absolute Gasteiger partial charge is 0.178 e. The lowest BCUT2D eigenvalue weighted by Crippen LogP contribution is -2.72. The molecule has 0 heterocycles. The van der Waals surface area contributed by atoms with Crippen molar-refractivity contribution in [3.63, 3.8) is 0 Å². The van der Waals surface area contributed by atoms with Crippen LogP contribution in [0.4, 0.5) is 0 Å². The molecule has 0 amide bonds. The fourth-order valence-electron chi connectivity index (χ4n) is 11.5. The van der Waals surface area contributed by atoms with Crippen molar-refractivity contribution >= 4 is 5.78 Å². The molecule has 1 spiro atoms. The summed E-state index contributed by atoms with van der Waals surface area (Å²) in [6.07, 6.45) is 11.9. The van der Waals surface area contributed by atoms with Crippen molar-refractivity contribution in [3.05, 3.63) is 11.6 Å². The minimum absolute atomic E-state index is 0.0369. The third-order valence-corrected chi connectivity index (χ3v) is 13.2. The summed E-state index contributed by atoms with van der Waals surface area (Å²) in [5.74, 6) is 10.2. The topological polar surface area (TPSA) is 66.9 Å². The van der Waals surface area contributed by atoms with Crippen LogP contribution in [0.5, 0.6) is 0 Å². The van der Waals surface area contributed by atoms with Gasteiger partial charge in [0.25, 0.3) is 0 Å². The van der Waals surface area contributed by atoms with Crippen LogP contribution < -0.4 is 5.73 Å². The highest BCUT2D eigenvalue weighted by molar-refractivity contribution is 6.04. The van der Waals surface area contributed by atoms with Crippen molar-refractivity contribution in [1.29, 1.82) is 5.26 Å². The van der Waals surface area contributed by atoms with Gasteiger partial charge in [-0.1, -0.05) is 59.5 Å². The Kier molecular flexibility index (Phi) is 4.65. The second-order valence-corrected chi connectivity index (χ2v) is 15.2. The van der Waals surface area contributed by atoms with Gasteiger partial charge in [-0.2, -0.15) is 5.26 Å². The molecule has 3 nitrogen and oxygen atoms in total. The number of allylic oxidation sites excluding steroid dienone is 2. The van der Waals surface area contributed by atoms with Crippen LogP contribution in [0.25, 0.3) is 0 Å². The molecular formula is C32H44N2O. The molecule has 3 heteroatoms. The summed E-state index contributed by atoms with van der Waals surface area (Å²) in [7, 11) is 0. The van der Waals surface area contributed by atoms with E-state index in [1.807, 2.05) is 0 Å². The molecule has 0 aliphatic heterocycles. The van der Waals surface area contributed by atoms with Crippen molar-refractivity contribution in [2.75, 3.05) is 6.54 Å². The van der Waals surface area contributed by atoms with E-state index in [2.05, 4.69) is 65.5 Å². The van der Waals surface area contributed by atoms with Crippen molar-refractivity contribution in [3.8, 4) is 17.9 Å². The van der Waals surface area contributed by atoms with Gasteiger partial charge in [0.15, 0.2) is 5.78 Å². The molecule has 2 N–H and O–H groups in total. The van der Waals surface area contributed by atoms with Crippen molar-refractivity contribution in [1.82, 2.24) is 0 Å². The highest BCUT2D eigenvalue weighted by atomic mass is 16.1. The largest absolute Gasteiger partial charge is 0.330 e. The van der Waals surface area contributed by atoms with Gasteiger partial charge in [0.2, 0.25) is 0 Å². The van der Waals surface area contributed by atoms with Crippen LogP contribution in [0.3, 0.4) is 0 Å². The maximum absolute atomic E-state index is 13.3.